The van der Waals surface area contributed by atoms with Gasteiger partial charge in [-0.25, -0.2) is 13.1 Å². The molecule has 2 aromatic carbocycles. The van der Waals surface area contributed by atoms with Gasteiger partial charge in [0.05, 0.1) is 33.1 Å². The molecule has 9 heteroatoms. The van der Waals surface area contributed by atoms with Gasteiger partial charge in [-0.05, 0) is 30.3 Å². The fraction of sp³-hybridized carbons (Fsp3) is 0.200. The van der Waals surface area contributed by atoms with Gasteiger partial charge >= 0.3 is 0 Å². The Morgan fingerprint density at radius 1 is 1.14 bits per heavy atom. The number of sulfonamides is 1. The number of hydrogen-bond acceptors (Lipinski definition) is 4. The fourth-order valence-corrected chi connectivity index (χ4v) is 4.48. The van der Waals surface area contributed by atoms with Crippen LogP contribution in [0.25, 0.3) is 5.69 Å². The highest BCUT2D eigenvalue weighted by Crippen LogP contribution is 2.27. The van der Waals surface area contributed by atoms with Crippen LogP contribution in [0.4, 0.5) is 5.69 Å². The second kappa shape index (κ2) is 8.77. The molecule has 3 aromatic rings. The Hall–Kier alpha value is -2.68. The zero-order chi connectivity index (χ0) is 21.0. The predicted octanol–water partition coefficient (Wildman–Crippen LogP) is 3.81. The molecule has 1 aromatic heterocycles. The number of halogens is 1. The van der Waals surface area contributed by atoms with Crippen LogP contribution >= 0.6 is 11.6 Å². The molecule has 0 fully saturated rings. The lowest BCUT2D eigenvalue weighted by Gasteiger charge is -2.19. The van der Waals surface area contributed by atoms with E-state index in [0.717, 1.165) is 5.69 Å². The van der Waals surface area contributed by atoms with Crippen molar-refractivity contribution < 1.29 is 13.2 Å². The molecular formula is C20H21ClN4O3S. The van der Waals surface area contributed by atoms with Gasteiger partial charge in [-0.2, -0.15) is 9.40 Å². The van der Waals surface area contributed by atoms with Crippen LogP contribution in [0.1, 0.15) is 24.2 Å². The molecule has 0 unspecified atom stereocenters. The summed E-state index contributed by atoms with van der Waals surface area (Å²) >= 11 is 6.18. The number of anilines is 1. The van der Waals surface area contributed by atoms with Crippen LogP contribution in [0.2, 0.25) is 5.02 Å². The molecular weight excluding hydrogens is 412 g/mol. The third-order valence-electron chi connectivity index (χ3n) is 4.39. The summed E-state index contributed by atoms with van der Waals surface area (Å²) in [5, 5.41) is 7.11. The molecule has 0 spiro atoms. The zero-order valence-corrected chi connectivity index (χ0v) is 17.6. The topological polar surface area (TPSA) is 84.3 Å². The van der Waals surface area contributed by atoms with Gasteiger partial charge in [-0.1, -0.05) is 43.6 Å². The van der Waals surface area contributed by atoms with E-state index in [4.69, 9.17) is 11.6 Å². The average molecular weight is 433 g/mol. The fourth-order valence-electron chi connectivity index (χ4n) is 2.83. The maximum atomic E-state index is 12.7. The van der Waals surface area contributed by atoms with Crippen LogP contribution in [-0.4, -0.2) is 41.5 Å². The monoisotopic (exact) mass is 432 g/mol. The van der Waals surface area contributed by atoms with Gasteiger partial charge in [0.25, 0.3) is 5.91 Å². The van der Waals surface area contributed by atoms with E-state index in [2.05, 4.69) is 10.4 Å². The van der Waals surface area contributed by atoms with Crippen molar-refractivity contribution in [1.82, 2.24) is 14.1 Å². The molecule has 152 valence electrons. The van der Waals surface area contributed by atoms with Gasteiger partial charge in [-0.15, -0.1) is 0 Å². The minimum atomic E-state index is -3.67. The van der Waals surface area contributed by atoms with Crippen molar-refractivity contribution in [2.45, 2.75) is 18.7 Å². The smallest absolute Gasteiger partial charge is 0.258 e. The Morgan fingerprint density at radius 2 is 1.83 bits per heavy atom. The lowest BCUT2D eigenvalue weighted by molar-refractivity contribution is 0.102. The molecule has 0 aliphatic carbocycles. The van der Waals surface area contributed by atoms with Crippen LogP contribution in [-0.2, 0) is 10.0 Å². The van der Waals surface area contributed by atoms with E-state index in [1.165, 1.54) is 28.7 Å². The van der Waals surface area contributed by atoms with Gasteiger partial charge in [0, 0.05) is 19.3 Å². The number of benzene rings is 2. The summed E-state index contributed by atoms with van der Waals surface area (Å²) in [6.07, 6.45) is 3.03. The van der Waals surface area contributed by atoms with Crippen LogP contribution in [0.15, 0.2) is 65.8 Å². The van der Waals surface area contributed by atoms with E-state index < -0.39 is 15.9 Å². The number of carbonyl (C=O) groups excluding carboxylic acids is 1. The molecule has 0 atom stereocenters. The molecule has 1 heterocycles. The van der Waals surface area contributed by atoms with E-state index in [-0.39, 0.29) is 15.6 Å². The molecule has 0 radical (unpaired) electrons. The summed E-state index contributed by atoms with van der Waals surface area (Å²) in [5.41, 5.74) is 1.36. The van der Waals surface area contributed by atoms with E-state index in [9.17, 15) is 13.2 Å². The highest BCUT2D eigenvalue weighted by Gasteiger charge is 2.23. The van der Waals surface area contributed by atoms with E-state index in [1.54, 1.807) is 24.7 Å². The van der Waals surface area contributed by atoms with Crippen LogP contribution in [0.3, 0.4) is 0 Å². The Kier molecular flexibility index (Phi) is 6.36. The first-order valence-corrected chi connectivity index (χ1v) is 10.9. The number of para-hydroxylation sites is 1. The summed E-state index contributed by atoms with van der Waals surface area (Å²) in [6.45, 7) is 4.23. The van der Waals surface area contributed by atoms with Crippen LogP contribution < -0.4 is 5.32 Å². The maximum Gasteiger partial charge on any atom is 0.258 e. The van der Waals surface area contributed by atoms with Crippen molar-refractivity contribution in [3.63, 3.8) is 0 Å². The van der Waals surface area contributed by atoms with Crippen molar-refractivity contribution in [3.8, 4) is 5.69 Å². The maximum absolute atomic E-state index is 12.7. The first-order chi connectivity index (χ1) is 13.9. The average Bonchev–Trinajstić information content (AvgIpc) is 3.21. The Bertz CT molecular complexity index is 1110. The van der Waals surface area contributed by atoms with E-state index in [0.29, 0.717) is 18.7 Å². The summed E-state index contributed by atoms with van der Waals surface area (Å²) in [6, 6.07) is 13.6. The third-order valence-corrected chi connectivity index (χ3v) is 6.77. The van der Waals surface area contributed by atoms with Crippen molar-refractivity contribution in [2.24, 2.45) is 0 Å². The first kappa shape index (κ1) is 21.0. The third kappa shape index (κ3) is 4.50. The molecule has 0 saturated carbocycles. The first-order valence-electron chi connectivity index (χ1n) is 9.08. The molecule has 0 saturated heterocycles. The second-order valence-electron chi connectivity index (χ2n) is 6.19. The van der Waals surface area contributed by atoms with Crippen molar-refractivity contribution in [3.05, 3.63) is 71.5 Å². The Morgan fingerprint density at radius 3 is 2.48 bits per heavy atom. The lowest BCUT2D eigenvalue weighted by atomic mass is 10.3. The lowest BCUT2D eigenvalue weighted by Crippen LogP contribution is -2.30. The second-order valence-corrected chi connectivity index (χ2v) is 8.54. The van der Waals surface area contributed by atoms with Gasteiger partial charge < -0.3 is 5.32 Å². The Balaban J connectivity index is 1.85. The van der Waals surface area contributed by atoms with Crippen molar-refractivity contribution >= 4 is 33.2 Å². The van der Waals surface area contributed by atoms with Gasteiger partial charge in [-0.3, -0.25) is 4.79 Å². The van der Waals surface area contributed by atoms with Gasteiger partial charge in [0.1, 0.15) is 0 Å². The van der Waals surface area contributed by atoms with Crippen molar-refractivity contribution in [1.29, 1.82) is 0 Å². The van der Waals surface area contributed by atoms with E-state index >= 15 is 0 Å². The zero-order valence-electron chi connectivity index (χ0n) is 16.0. The quantitative estimate of drug-likeness (QED) is 0.615. The number of amides is 1. The van der Waals surface area contributed by atoms with E-state index in [1.807, 2.05) is 30.3 Å². The minimum absolute atomic E-state index is 0.0703. The molecule has 3 rings (SSSR count). The SMILES string of the molecule is CCN(CC)S(=O)(=O)c1ccc(Cl)c(NC(=O)c2cnn(-c3ccccc3)c2)c1. The number of carbonyl (C=O) groups is 1. The molecule has 1 N–H and O–H groups in total. The van der Waals surface area contributed by atoms with Crippen molar-refractivity contribution in [2.75, 3.05) is 18.4 Å². The van der Waals surface area contributed by atoms with Gasteiger partial charge in [0.15, 0.2) is 0 Å². The summed E-state index contributed by atoms with van der Waals surface area (Å²) in [4.78, 5) is 12.7. The number of nitrogens with one attached hydrogen (secondary N) is 1. The largest absolute Gasteiger partial charge is 0.320 e. The minimum Gasteiger partial charge on any atom is -0.320 e. The molecule has 29 heavy (non-hydrogen) atoms. The number of rotatable bonds is 7. The molecule has 7 nitrogen and oxygen atoms in total. The molecule has 0 aliphatic rings. The molecule has 0 aliphatic heterocycles. The summed E-state index contributed by atoms with van der Waals surface area (Å²) in [7, 11) is -3.67. The van der Waals surface area contributed by atoms with Crippen LogP contribution in [0, 0.1) is 0 Å². The molecule has 0 bridgehead atoms. The predicted molar refractivity (Wildman–Crippen MR) is 113 cm³/mol. The standard InChI is InChI=1S/C20H21ClN4O3S/c1-3-24(4-2)29(27,28)17-10-11-18(21)19(12-17)23-20(26)15-13-22-25(14-15)16-8-6-5-7-9-16/h5-14H,3-4H2,1-2H3,(H,23,26). The highest BCUT2D eigenvalue weighted by molar-refractivity contribution is 7.89. The van der Waals surface area contributed by atoms with Gasteiger partial charge in [0.2, 0.25) is 10.0 Å². The summed E-state index contributed by atoms with van der Waals surface area (Å²) in [5.74, 6) is -0.438. The number of hydrogen-bond donors (Lipinski definition) is 1. The van der Waals surface area contributed by atoms with Crippen LogP contribution in [0.5, 0.6) is 0 Å². The summed E-state index contributed by atoms with van der Waals surface area (Å²) < 4.78 is 28.4. The highest BCUT2D eigenvalue weighted by atomic mass is 35.5. The molecule has 1 amide bonds. The normalized spacial score (nSPS) is 11.6. The number of nitrogens with zero attached hydrogens (tertiary/aromatic N) is 3. The Labute approximate surface area is 175 Å². The number of aromatic nitrogens is 2.